The summed E-state index contributed by atoms with van der Waals surface area (Å²) in [7, 11) is -1.26. The minimum atomic E-state index is -3.79. The van der Waals surface area contributed by atoms with Crippen molar-refractivity contribution in [3.05, 3.63) is 72.1 Å². The van der Waals surface area contributed by atoms with Gasteiger partial charge in [-0.3, -0.25) is 9.63 Å². The molecule has 0 atom stereocenters. The van der Waals surface area contributed by atoms with Gasteiger partial charge in [-0.15, -0.1) is 0 Å². The van der Waals surface area contributed by atoms with Gasteiger partial charge in [0.1, 0.15) is 0 Å². The van der Waals surface area contributed by atoms with Crippen LogP contribution in [0, 0.1) is 0 Å². The summed E-state index contributed by atoms with van der Waals surface area (Å²) in [6.45, 7) is 1.99. The Morgan fingerprint density at radius 1 is 1.06 bits per heavy atom. The third-order valence-corrected chi connectivity index (χ3v) is 6.17. The SMILES string of the molecule is CCOC(=O)c1ccn(-c2ccc(NC(=O)c3ccc(S(=O)(=O)N(C)OC)cc3)cc2)n1. The maximum Gasteiger partial charge on any atom is 0.358 e. The summed E-state index contributed by atoms with van der Waals surface area (Å²) >= 11 is 0. The minimum Gasteiger partial charge on any atom is -0.461 e. The van der Waals surface area contributed by atoms with Crippen LogP contribution in [0.5, 0.6) is 0 Å². The Kier molecular flexibility index (Phi) is 7.03. The van der Waals surface area contributed by atoms with Crippen LogP contribution in [0.4, 0.5) is 5.69 Å². The number of nitrogens with zero attached hydrogens (tertiary/aromatic N) is 3. The fourth-order valence-electron chi connectivity index (χ4n) is 2.71. The summed E-state index contributed by atoms with van der Waals surface area (Å²) in [6, 6.07) is 13.9. The Morgan fingerprint density at radius 2 is 1.72 bits per heavy atom. The fourth-order valence-corrected chi connectivity index (χ4v) is 3.68. The molecule has 168 valence electrons. The summed E-state index contributed by atoms with van der Waals surface area (Å²) in [4.78, 5) is 29.0. The van der Waals surface area contributed by atoms with E-state index in [1.165, 1.54) is 43.1 Å². The lowest BCUT2D eigenvalue weighted by atomic mass is 10.2. The van der Waals surface area contributed by atoms with E-state index in [4.69, 9.17) is 9.57 Å². The third-order valence-electron chi connectivity index (χ3n) is 4.47. The molecule has 1 N–H and O–H groups in total. The normalized spacial score (nSPS) is 11.4. The number of hydrogen-bond donors (Lipinski definition) is 1. The molecule has 11 heteroatoms. The van der Waals surface area contributed by atoms with Gasteiger partial charge in [0.15, 0.2) is 5.69 Å². The van der Waals surface area contributed by atoms with E-state index < -0.39 is 21.9 Å². The van der Waals surface area contributed by atoms with Crippen molar-refractivity contribution >= 4 is 27.6 Å². The van der Waals surface area contributed by atoms with E-state index in [1.807, 2.05) is 0 Å². The van der Waals surface area contributed by atoms with Crippen molar-refractivity contribution in [3.63, 3.8) is 0 Å². The molecule has 0 aliphatic rings. The van der Waals surface area contributed by atoms with Gasteiger partial charge < -0.3 is 10.1 Å². The van der Waals surface area contributed by atoms with Crippen molar-refractivity contribution < 1.29 is 27.6 Å². The van der Waals surface area contributed by atoms with Gasteiger partial charge in [-0.1, -0.05) is 4.47 Å². The summed E-state index contributed by atoms with van der Waals surface area (Å²) in [5.41, 5.74) is 1.72. The number of aromatic nitrogens is 2. The maximum atomic E-state index is 12.5. The molecular formula is C21H22N4O6S. The molecule has 0 aliphatic heterocycles. The number of rotatable bonds is 8. The number of benzene rings is 2. The predicted octanol–water partition coefficient (Wildman–Crippen LogP) is 2.48. The van der Waals surface area contributed by atoms with E-state index in [1.54, 1.807) is 43.5 Å². The lowest BCUT2D eigenvalue weighted by molar-refractivity contribution is -0.0258. The number of ether oxygens (including phenoxy) is 1. The minimum absolute atomic E-state index is 0.00385. The van der Waals surface area contributed by atoms with Crippen LogP contribution in [0.2, 0.25) is 0 Å². The van der Waals surface area contributed by atoms with Crippen LogP contribution < -0.4 is 5.32 Å². The maximum absolute atomic E-state index is 12.5. The Hall–Kier alpha value is -3.54. The van der Waals surface area contributed by atoms with E-state index in [2.05, 4.69) is 10.4 Å². The molecular weight excluding hydrogens is 436 g/mol. The molecule has 0 saturated heterocycles. The average molecular weight is 458 g/mol. The Morgan fingerprint density at radius 3 is 2.31 bits per heavy atom. The monoisotopic (exact) mass is 458 g/mol. The van der Waals surface area contributed by atoms with Gasteiger partial charge in [0.25, 0.3) is 15.9 Å². The largest absolute Gasteiger partial charge is 0.461 e. The fraction of sp³-hybridized carbons (Fsp3) is 0.190. The molecule has 0 radical (unpaired) electrons. The van der Waals surface area contributed by atoms with Crippen LogP contribution in [0.3, 0.4) is 0 Å². The number of sulfonamides is 1. The Bertz CT molecular complexity index is 1200. The zero-order valence-electron chi connectivity index (χ0n) is 17.7. The summed E-state index contributed by atoms with van der Waals surface area (Å²) in [5, 5.41) is 6.92. The first kappa shape index (κ1) is 23.1. The Labute approximate surface area is 185 Å². The van der Waals surface area contributed by atoms with Crippen LogP contribution in [0.1, 0.15) is 27.8 Å². The highest BCUT2D eigenvalue weighted by Gasteiger charge is 2.21. The second kappa shape index (κ2) is 9.73. The number of hydrogen-bond acceptors (Lipinski definition) is 7. The molecule has 0 saturated carbocycles. The second-order valence-electron chi connectivity index (χ2n) is 6.49. The van der Waals surface area contributed by atoms with Crippen molar-refractivity contribution in [2.45, 2.75) is 11.8 Å². The molecule has 3 aromatic rings. The van der Waals surface area contributed by atoms with E-state index in [-0.39, 0.29) is 17.2 Å². The molecule has 10 nitrogen and oxygen atoms in total. The molecule has 32 heavy (non-hydrogen) atoms. The number of nitrogens with one attached hydrogen (secondary N) is 1. The lowest BCUT2D eigenvalue weighted by Crippen LogP contribution is -2.25. The quantitative estimate of drug-likeness (QED) is 0.407. The van der Waals surface area contributed by atoms with Gasteiger partial charge in [-0.05, 0) is 61.5 Å². The molecule has 0 fully saturated rings. The second-order valence-corrected chi connectivity index (χ2v) is 8.42. The molecule has 1 aromatic heterocycles. The standard InChI is InChI=1S/C21H22N4O6S/c1-4-31-21(27)19-13-14-25(23-19)17-9-7-16(8-10-17)22-20(26)15-5-11-18(12-6-15)32(28,29)24(2)30-3/h5-14H,4H2,1-3H3,(H,22,26). The van der Waals surface area contributed by atoms with Gasteiger partial charge >= 0.3 is 5.97 Å². The van der Waals surface area contributed by atoms with E-state index >= 15 is 0 Å². The first-order valence-electron chi connectivity index (χ1n) is 9.54. The van der Waals surface area contributed by atoms with Crippen LogP contribution in [0.15, 0.2) is 65.7 Å². The summed E-state index contributed by atoms with van der Waals surface area (Å²) in [5.74, 6) is -0.895. The molecule has 0 spiro atoms. The van der Waals surface area contributed by atoms with E-state index in [0.29, 0.717) is 16.9 Å². The smallest absolute Gasteiger partial charge is 0.358 e. The van der Waals surface area contributed by atoms with Crippen LogP contribution in [-0.4, -0.2) is 55.3 Å². The third kappa shape index (κ3) is 5.02. The topological polar surface area (TPSA) is 120 Å². The molecule has 2 aromatic carbocycles. The van der Waals surface area contributed by atoms with Crippen molar-refractivity contribution in [1.29, 1.82) is 0 Å². The molecule has 0 bridgehead atoms. The van der Waals surface area contributed by atoms with E-state index in [9.17, 15) is 18.0 Å². The highest BCUT2D eigenvalue weighted by Crippen LogP contribution is 2.18. The number of esters is 1. The summed E-state index contributed by atoms with van der Waals surface area (Å²) < 4.78 is 31.6. The Balaban J connectivity index is 1.68. The molecule has 0 aliphatic carbocycles. The lowest BCUT2D eigenvalue weighted by Gasteiger charge is -2.14. The number of hydroxylamine groups is 1. The zero-order chi connectivity index (χ0) is 23.3. The number of carbonyl (C=O) groups is 2. The summed E-state index contributed by atoms with van der Waals surface area (Å²) in [6.07, 6.45) is 1.64. The molecule has 3 rings (SSSR count). The molecule has 0 unspecified atom stereocenters. The molecule has 1 heterocycles. The zero-order valence-corrected chi connectivity index (χ0v) is 18.5. The van der Waals surface area contributed by atoms with Gasteiger partial charge in [0.2, 0.25) is 0 Å². The van der Waals surface area contributed by atoms with Gasteiger partial charge in [-0.2, -0.15) is 5.10 Å². The van der Waals surface area contributed by atoms with Crippen LogP contribution >= 0.6 is 0 Å². The number of amides is 1. The average Bonchev–Trinajstić information content (AvgIpc) is 3.29. The van der Waals surface area contributed by atoms with Crippen molar-refractivity contribution in [2.24, 2.45) is 0 Å². The number of carbonyl (C=O) groups excluding carboxylic acids is 2. The molecule has 1 amide bonds. The van der Waals surface area contributed by atoms with Gasteiger partial charge in [0.05, 0.1) is 24.3 Å². The highest BCUT2D eigenvalue weighted by molar-refractivity contribution is 7.89. The first-order valence-corrected chi connectivity index (χ1v) is 11.0. The van der Waals surface area contributed by atoms with Crippen LogP contribution in [0.25, 0.3) is 5.69 Å². The van der Waals surface area contributed by atoms with Crippen molar-refractivity contribution in [2.75, 3.05) is 26.1 Å². The first-order chi connectivity index (χ1) is 15.3. The van der Waals surface area contributed by atoms with Crippen LogP contribution in [-0.2, 0) is 19.6 Å². The number of anilines is 1. The van der Waals surface area contributed by atoms with Gasteiger partial charge in [-0.25, -0.2) is 17.9 Å². The predicted molar refractivity (Wildman–Crippen MR) is 116 cm³/mol. The van der Waals surface area contributed by atoms with Gasteiger partial charge in [0, 0.05) is 24.5 Å². The van der Waals surface area contributed by atoms with Crippen molar-refractivity contribution in [3.8, 4) is 5.69 Å². The van der Waals surface area contributed by atoms with Crippen molar-refractivity contribution in [1.82, 2.24) is 14.2 Å². The van der Waals surface area contributed by atoms with E-state index in [0.717, 1.165) is 4.47 Å². The highest BCUT2D eigenvalue weighted by atomic mass is 32.2.